The van der Waals surface area contributed by atoms with Gasteiger partial charge in [-0.1, -0.05) is 0 Å². The van der Waals surface area contributed by atoms with E-state index in [9.17, 15) is 29.3 Å². The van der Waals surface area contributed by atoms with Crippen molar-refractivity contribution in [1.29, 1.82) is 0 Å². The zero-order chi connectivity index (χ0) is 38.4. The van der Waals surface area contributed by atoms with Crippen molar-refractivity contribution in [3.05, 3.63) is 64.0 Å². The van der Waals surface area contributed by atoms with Crippen molar-refractivity contribution < 1.29 is 28.8 Å². The van der Waals surface area contributed by atoms with E-state index in [4.69, 9.17) is 4.74 Å². The third-order valence-corrected chi connectivity index (χ3v) is 12.2. The average Bonchev–Trinajstić information content (AvgIpc) is 3.74. The molecule has 0 bridgehead atoms. The van der Waals surface area contributed by atoms with Crippen molar-refractivity contribution in [3.63, 3.8) is 0 Å². The number of anilines is 2. The molecule has 1 atom stereocenters. The second kappa shape index (κ2) is 15.1. The Morgan fingerprint density at radius 2 is 1.56 bits per heavy atom. The highest BCUT2D eigenvalue weighted by molar-refractivity contribution is 6.23. The summed E-state index contributed by atoms with van der Waals surface area (Å²) < 4.78 is 7.15. The van der Waals surface area contributed by atoms with Gasteiger partial charge in [0.2, 0.25) is 11.8 Å². The van der Waals surface area contributed by atoms with E-state index in [2.05, 4.69) is 30.0 Å². The van der Waals surface area contributed by atoms with E-state index in [0.29, 0.717) is 23.1 Å². The molecule has 8 rings (SSSR count). The molecular formula is C39H47N9O7. The third-order valence-electron chi connectivity index (χ3n) is 12.2. The number of ether oxygens (including phenoxy) is 1. The summed E-state index contributed by atoms with van der Waals surface area (Å²) in [5.41, 5.74) is 4.03. The van der Waals surface area contributed by atoms with Gasteiger partial charge in [-0.2, -0.15) is 5.10 Å². The molecule has 4 amide bonds. The van der Waals surface area contributed by atoms with Gasteiger partial charge in [0, 0.05) is 119 Å². The van der Waals surface area contributed by atoms with Gasteiger partial charge >= 0.3 is 5.69 Å². The van der Waals surface area contributed by atoms with E-state index in [1.54, 1.807) is 35.1 Å². The summed E-state index contributed by atoms with van der Waals surface area (Å²) in [6.07, 6.45) is 7.98. The third kappa shape index (κ3) is 7.15. The first-order chi connectivity index (χ1) is 26.6. The molecule has 1 N–H and O–H groups in total. The van der Waals surface area contributed by atoms with Crippen LogP contribution in [0.5, 0.6) is 5.75 Å². The largest absolute Gasteiger partial charge is 0.490 e. The summed E-state index contributed by atoms with van der Waals surface area (Å²) in [4.78, 5) is 72.8. The lowest BCUT2D eigenvalue weighted by Crippen LogP contribution is -2.54. The number of amides is 4. The van der Waals surface area contributed by atoms with Crippen LogP contribution < -0.4 is 19.9 Å². The van der Waals surface area contributed by atoms with Crippen LogP contribution in [0, 0.1) is 16.0 Å². The number of aromatic nitrogens is 2. The molecule has 0 spiro atoms. The van der Waals surface area contributed by atoms with E-state index >= 15 is 0 Å². The van der Waals surface area contributed by atoms with E-state index < -0.39 is 28.7 Å². The number of nitrogens with one attached hydrogen (secondary N) is 1. The van der Waals surface area contributed by atoms with Gasteiger partial charge in [0.25, 0.3) is 11.8 Å². The molecule has 2 aromatic carbocycles. The van der Waals surface area contributed by atoms with Crippen LogP contribution in [0.25, 0.3) is 11.1 Å². The van der Waals surface area contributed by atoms with E-state index in [-0.39, 0.29) is 30.2 Å². The summed E-state index contributed by atoms with van der Waals surface area (Å²) in [7, 11) is 3.31. The van der Waals surface area contributed by atoms with Crippen molar-refractivity contribution in [2.75, 3.05) is 75.8 Å². The minimum atomic E-state index is -0.967. The number of fused-ring (bicyclic) bond motifs is 1. The van der Waals surface area contributed by atoms with Gasteiger partial charge < -0.3 is 19.4 Å². The molecule has 3 aromatic rings. The highest BCUT2D eigenvalue weighted by Gasteiger charge is 2.45. The molecule has 5 aliphatic heterocycles. The van der Waals surface area contributed by atoms with Crippen LogP contribution in [-0.4, -0.2) is 131 Å². The van der Waals surface area contributed by atoms with E-state index in [1.807, 2.05) is 19.3 Å². The summed E-state index contributed by atoms with van der Waals surface area (Å²) >= 11 is 0. The van der Waals surface area contributed by atoms with Crippen molar-refractivity contribution in [2.24, 2.45) is 13.0 Å². The predicted octanol–water partition coefficient (Wildman–Crippen LogP) is 2.91. The Hall–Kier alpha value is -5.35. The highest BCUT2D eigenvalue weighted by Crippen LogP contribution is 2.41. The van der Waals surface area contributed by atoms with Crippen molar-refractivity contribution >= 4 is 40.7 Å². The number of carbonyl (C=O) groups excluding carboxylic acids is 4. The molecule has 1 unspecified atom stereocenters. The highest BCUT2D eigenvalue weighted by atomic mass is 16.6. The molecule has 1 aromatic heterocycles. The average molecular weight is 754 g/mol. The Morgan fingerprint density at radius 3 is 2.22 bits per heavy atom. The quantitative estimate of drug-likeness (QED) is 0.193. The number of rotatable bonds is 9. The maximum absolute atomic E-state index is 13.3. The number of carbonyl (C=O) groups is 4. The SMILES string of the molecule is COc1cc(N2CCC(N3CCN(CC4CCN(c5ccc6c(c5)C(=O)N(C5CCC(=O)NC5=O)C6=O)CC4)CC3)CC2)c(-c2cnn(C)c2)cc1[N+](=O)[O-]. The first kappa shape index (κ1) is 36.6. The molecule has 5 aliphatic rings. The molecule has 4 saturated heterocycles. The number of nitrogens with zero attached hydrogens (tertiary/aromatic N) is 8. The van der Waals surface area contributed by atoms with Crippen LogP contribution >= 0.6 is 0 Å². The Labute approximate surface area is 319 Å². The molecule has 0 radical (unpaired) electrons. The Balaban J connectivity index is 0.815. The molecule has 4 fully saturated rings. The first-order valence-electron chi connectivity index (χ1n) is 19.2. The number of piperazine rings is 1. The molecule has 16 heteroatoms. The fourth-order valence-corrected chi connectivity index (χ4v) is 9.09. The number of methoxy groups -OCH3 is 1. The lowest BCUT2D eigenvalue weighted by Gasteiger charge is -2.44. The zero-order valence-corrected chi connectivity index (χ0v) is 31.3. The fourth-order valence-electron chi connectivity index (χ4n) is 9.09. The Morgan fingerprint density at radius 1 is 0.855 bits per heavy atom. The lowest BCUT2D eigenvalue weighted by atomic mass is 9.95. The minimum Gasteiger partial charge on any atom is -0.490 e. The molecule has 16 nitrogen and oxygen atoms in total. The zero-order valence-electron chi connectivity index (χ0n) is 31.3. The fraction of sp³-hybridized carbons (Fsp3) is 0.513. The van der Waals surface area contributed by atoms with Gasteiger partial charge in [0.15, 0.2) is 5.75 Å². The first-order valence-corrected chi connectivity index (χ1v) is 19.2. The number of piperidine rings is 3. The lowest BCUT2D eigenvalue weighted by molar-refractivity contribution is -0.385. The van der Waals surface area contributed by atoms with Crippen LogP contribution in [0.15, 0.2) is 42.7 Å². The minimum absolute atomic E-state index is 0.0551. The number of aryl methyl sites for hydroxylation is 1. The Kier molecular flexibility index (Phi) is 10.0. The number of hydrogen-bond donors (Lipinski definition) is 1. The van der Waals surface area contributed by atoms with Crippen molar-refractivity contribution in [2.45, 2.75) is 50.6 Å². The maximum atomic E-state index is 13.3. The Bertz CT molecular complexity index is 2010. The molecule has 55 heavy (non-hydrogen) atoms. The monoisotopic (exact) mass is 753 g/mol. The standard InChI is InChI=1S/C39H47N9O7/c1-42-24-26(22-40-42)30-20-34(48(53)54)35(55-2)21-33(30)46-13-9-27(10-14-46)45-17-15-43(16-18-45)23-25-7-11-44(12-8-25)28-3-4-29-31(19-28)39(52)47(38(29)51)32-5-6-36(49)41-37(32)50/h3-4,19-22,24-25,27,32H,5-18,23H2,1-2H3,(H,41,49,50). The van der Waals surface area contributed by atoms with Gasteiger partial charge in [0.1, 0.15) is 6.04 Å². The maximum Gasteiger partial charge on any atom is 0.311 e. The van der Waals surface area contributed by atoms with Crippen LogP contribution in [0.1, 0.15) is 59.2 Å². The topological polar surface area (TPSA) is 167 Å². The number of imide groups is 2. The number of hydrogen-bond acceptors (Lipinski definition) is 12. The van der Waals surface area contributed by atoms with Gasteiger partial charge in [-0.3, -0.25) is 49.1 Å². The van der Waals surface area contributed by atoms with Gasteiger partial charge in [0.05, 0.1) is 29.4 Å². The normalized spacial score (nSPS) is 22.0. The van der Waals surface area contributed by atoms with Crippen molar-refractivity contribution in [3.8, 4) is 16.9 Å². The summed E-state index contributed by atoms with van der Waals surface area (Å²) in [6, 6.07) is 8.31. The molecule has 6 heterocycles. The molecule has 290 valence electrons. The number of nitro groups is 1. The number of benzene rings is 2. The summed E-state index contributed by atoms with van der Waals surface area (Å²) in [5.74, 6) is -1.11. The predicted molar refractivity (Wildman–Crippen MR) is 203 cm³/mol. The molecule has 0 saturated carbocycles. The van der Waals surface area contributed by atoms with Crippen molar-refractivity contribution in [1.82, 2.24) is 29.8 Å². The second-order valence-corrected chi connectivity index (χ2v) is 15.4. The van der Waals surface area contributed by atoms with E-state index in [1.165, 1.54) is 7.11 Å². The van der Waals surface area contributed by atoms with Gasteiger partial charge in [-0.05, 0) is 56.2 Å². The van der Waals surface area contributed by atoms with Crippen LogP contribution in [0.4, 0.5) is 17.1 Å². The molecule has 0 aliphatic carbocycles. The number of nitro benzene ring substituents is 1. The van der Waals surface area contributed by atoms with Gasteiger partial charge in [-0.15, -0.1) is 0 Å². The summed E-state index contributed by atoms with van der Waals surface area (Å²) in [5, 5.41) is 18.4. The second-order valence-electron chi connectivity index (χ2n) is 15.4. The van der Waals surface area contributed by atoms with E-state index in [0.717, 1.165) is 112 Å². The molecular weight excluding hydrogens is 706 g/mol. The smallest absolute Gasteiger partial charge is 0.311 e. The summed E-state index contributed by atoms with van der Waals surface area (Å²) in [6.45, 7) is 8.65. The van der Waals surface area contributed by atoms with Crippen LogP contribution in [-0.2, 0) is 16.6 Å². The van der Waals surface area contributed by atoms with Crippen LogP contribution in [0.3, 0.4) is 0 Å². The van der Waals surface area contributed by atoms with Crippen LogP contribution in [0.2, 0.25) is 0 Å². The van der Waals surface area contributed by atoms with Gasteiger partial charge in [-0.25, -0.2) is 0 Å².